The molecular weight excluding hydrogens is 238 g/mol. The molecule has 1 saturated heterocycles. The first-order chi connectivity index (χ1) is 9.38. The summed E-state index contributed by atoms with van der Waals surface area (Å²) in [5.74, 6) is 6.71. The molecule has 1 heterocycles. The van der Waals surface area contributed by atoms with Gasteiger partial charge in [-0.1, -0.05) is 11.8 Å². The smallest absolute Gasteiger partial charge is 0.119 e. The zero-order chi connectivity index (χ0) is 13.3. The zero-order valence-electron chi connectivity index (χ0n) is 11.2. The predicted molar refractivity (Wildman–Crippen MR) is 76.1 cm³/mol. The zero-order valence-corrected chi connectivity index (χ0v) is 11.2. The lowest BCUT2D eigenvalue weighted by Crippen LogP contribution is -2.07. The molecule has 1 aliphatic heterocycles. The Labute approximate surface area is 115 Å². The molecule has 1 atom stereocenters. The molecule has 1 aromatic carbocycles. The van der Waals surface area contributed by atoms with Gasteiger partial charge in [0, 0.05) is 12.2 Å². The molecule has 1 aromatic rings. The molecule has 0 bridgehead atoms. The van der Waals surface area contributed by atoms with Gasteiger partial charge in [0.15, 0.2) is 0 Å². The second-order valence-corrected chi connectivity index (χ2v) is 4.66. The average molecular weight is 259 g/mol. The first kappa shape index (κ1) is 13.9. The summed E-state index contributed by atoms with van der Waals surface area (Å²) in [6, 6.07) is 7.81. The van der Waals surface area contributed by atoms with Gasteiger partial charge in [-0.3, -0.25) is 0 Å². The maximum atomic E-state index is 5.70. The van der Waals surface area contributed by atoms with Crippen LogP contribution in [0.25, 0.3) is 0 Å². The van der Waals surface area contributed by atoms with Gasteiger partial charge in [-0.05, 0) is 49.9 Å². The van der Waals surface area contributed by atoms with Crippen LogP contribution in [0.5, 0.6) is 5.75 Å². The van der Waals surface area contributed by atoms with E-state index >= 15 is 0 Å². The van der Waals surface area contributed by atoms with Gasteiger partial charge in [0.1, 0.15) is 5.75 Å². The molecule has 1 aliphatic rings. The highest BCUT2D eigenvalue weighted by atomic mass is 16.5. The van der Waals surface area contributed by atoms with Gasteiger partial charge >= 0.3 is 0 Å². The van der Waals surface area contributed by atoms with Crippen LogP contribution < -0.4 is 10.5 Å². The molecule has 0 amide bonds. The highest BCUT2D eigenvalue weighted by molar-refractivity contribution is 5.38. The molecule has 102 valence electrons. The third kappa shape index (κ3) is 4.94. The van der Waals surface area contributed by atoms with Gasteiger partial charge in [-0.25, -0.2) is 0 Å². The van der Waals surface area contributed by atoms with Crippen LogP contribution in [0.2, 0.25) is 0 Å². The summed E-state index contributed by atoms with van der Waals surface area (Å²) in [5, 5.41) is 0. The molecule has 1 unspecified atom stereocenters. The molecule has 3 heteroatoms. The van der Waals surface area contributed by atoms with E-state index in [1.54, 1.807) is 0 Å². The first-order valence-electron chi connectivity index (χ1n) is 6.92. The third-order valence-corrected chi connectivity index (χ3v) is 3.15. The van der Waals surface area contributed by atoms with Crippen LogP contribution in [0.3, 0.4) is 0 Å². The van der Waals surface area contributed by atoms with Crippen molar-refractivity contribution in [2.75, 3.05) is 19.8 Å². The highest BCUT2D eigenvalue weighted by Crippen LogP contribution is 2.17. The summed E-state index contributed by atoms with van der Waals surface area (Å²) in [4.78, 5) is 0. The summed E-state index contributed by atoms with van der Waals surface area (Å²) in [6.07, 6.45) is 5.00. The van der Waals surface area contributed by atoms with Gasteiger partial charge in [-0.2, -0.15) is 0 Å². The molecule has 0 aliphatic carbocycles. The van der Waals surface area contributed by atoms with Gasteiger partial charge < -0.3 is 15.2 Å². The number of nitrogens with two attached hydrogens (primary N) is 1. The van der Waals surface area contributed by atoms with Crippen molar-refractivity contribution in [1.29, 1.82) is 0 Å². The van der Waals surface area contributed by atoms with E-state index in [0.29, 0.717) is 12.6 Å². The van der Waals surface area contributed by atoms with E-state index in [1.165, 1.54) is 12.8 Å². The van der Waals surface area contributed by atoms with Crippen LogP contribution in [-0.2, 0) is 4.74 Å². The van der Waals surface area contributed by atoms with Crippen LogP contribution in [0.1, 0.15) is 31.2 Å². The molecule has 2 N–H and O–H groups in total. The van der Waals surface area contributed by atoms with E-state index in [-0.39, 0.29) is 0 Å². The Kier molecular flexibility index (Phi) is 5.74. The molecule has 0 radical (unpaired) electrons. The monoisotopic (exact) mass is 259 g/mol. The van der Waals surface area contributed by atoms with Crippen molar-refractivity contribution in [3.05, 3.63) is 29.8 Å². The van der Waals surface area contributed by atoms with Gasteiger partial charge in [0.25, 0.3) is 0 Å². The van der Waals surface area contributed by atoms with Crippen molar-refractivity contribution in [2.45, 2.75) is 31.8 Å². The lowest BCUT2D eigenvalue weighted by molar-refractivity contribution is 0.0981. The van der Waals surface area contributed by atoms with Crippen molar-refractivity contribution >= 4 is 0 Å². The van der Waals surface area contributed by atoms with Crippen LogP contribution >= 0.6 is 0 Å². The number of benzene rings is 1. The number of hydrogen-bond acceptors (Lipinski definition) is 3. The van der Waals surface area contributed by atoms with E-state index < -0.39 is 0 Å². The summed E-state index contributed by atoms with van der Waals surface area (Å²) < 4.78 is 11.3. The maximum Gasteiger partial charge on any atom is 0.119 e. The number of ether oxygens (including phenoxy) is 2. The van der Waals surface area contributed by atoms with Crippen molar-refractivity contribution in [3.8, 4) is 17.6 Å². The summed E-state index contributed by atoms with van der Waals surface area (Å²) >= 11 is 0. The molecule has 0 saturated carbocycles. The summed E-state index contributed by atoms with van der Waals surface area (Å²) in [6.45, 7) is 2.06. The lowest BCUT2D eigenvalue weighted by Gasteiger charge is -2.10. The summed E-state index contributed by atoms with van der Waals surface area (Å²) in [7, 11) is 0. The maximum absolute atomic E-state index is 5.70. The third-order valence-electron chi connectivity index (χ3n) is 3.15. The fourth-order valence-corrected chi connectivity index (χ4v) is 2.16. The Bertz CT molecular complexity index is 424. The standard InChI is InChI=1S/C16H21NO2/c17-11-1-4-14-7-9-16(10-8-14)19-13-3-6-15-5-2-12-18-15/h7-10,15H,2-3,5-6,11-13,17H2. The molecular formula is C16H21NO2. The molecule has 0 spiro atoms. The second kappa shape index (κ2) is 7.83. The second-order valence-electron chi connectivity index (χ2n) is 4.66. The SMILES string of the molecule is NCC#Cc1ccc(OCCCC2CCCO2)cc1. The fourth-order valence-electron chi connectivity index (χ4n) is 2.16. The predicted octanol–water partition coefficient (Wildman–Crippen LogP) is 2.33. The molecule has 2 rings (SSSR count). The largest absolute Gasteiger partial charge is 0.494 e. The Balaban J connectivity index is 1.67. The first-order valence-corrected chi connectivity index (χ1v) is 6.92. The van der Waals surface area contributed by atoms with Crippen LogP contribution in [0.15, 0.2) is 24.3 Å². The minimum absolute atomic E-state index is 0.390. The van der Waals surface area contributed by atoms with E-state index in [1.807, 2.05) is 24.3 Å². The van der Waals surface area contributed by atoms with E-state index in [2.05, 4.69) is 11.8 Å². The molecule has 3 nitrogen and oxygen atoms in total. The molecule has 0 aromatic heterocycles. The van der Waals surface area contributed by atoms with Gasteiger partial charge in [-0.15, -0.1) is 0 Å². The van der Waals surface area contributed by atoms with Crippen LogP contribution in [0.4, 0.5) is 0 Å². The Morgan fingerprint density at radius 2 is 2.16 bits per heavy atom. The van der Waals surface area contributed by atoms with Crippen LogP contribution in [0, 0.1) is 11.8 Å². The van der Waals surface area contributed by atoms with E-state index in [4.69, 9.17) is 15.2 Å². The van der Waals surface area contributed by atoms with Crippen LogP contribution in [-0.4, -0.2) is 25.9 Å². The lowest BCUT2D eigenvalue weighted by atomic mass is 10.1. The summed E-state index contributed by atoms with van der Waals surface area (Å²) in [5.41, 5.74) is 6.30. The van der Waals surface area contributed by atoms with Crippen molar-refractivity contribution < 1.29 is 9.47 Å². The average Bonchev–Trinajstić information content (AvgIpc) is 2.96. The Morgan fingerprint density at radius 1 is 1.32 bits per heavy atom. The topological polar surface area (TPSA) is 44.5 Å². The number of hydrogen-bond donors (Lipinski definition) is 1. The van der Waals surface area contributed by atoms with Crippen molar-refractivity contribution in [3.63, 3.8) is 0 Å². The minimum Gasteiger partial charge on any atom is -0.494 e. The highest BCUT2D eigenvalue weighted by Gasteiger charge is 2.14. The van der Waals surface area contributed by atoms with E-state index in [0.717, 1.165) is 37.4 Å². The van der Waals surface area contributed by atoms with Crippen molar-refractivity contribution in [2.24, 2.45) is 5.73 Å². The molecule has 1 fully saturated rings. The normalized spacial score (nSPS) is 17.8. The van der Waals surface area contributed by atoms with Gasteiger partial charge in [0.05, 0.1) is 19.3 Å². The van der Waals surface area contributed by atoms with Gasteiger partial charge in [0.2, 0.25) is 0 Å². The number of rotatable bonds is 5. The molecule has 19 heavy (non-hydrogen) atoms. The Morgan fingerprint density at radius 3 is 2.84 bits per heavy atom. The van der Waals surface area contributed by atoms with Crippen molar-refractivity contribution in [1.82, 2.24) is 0 Å². The fraction of sp³-hybridized carbons (Fsp3) is 0.500. The minimum atomic E-state index is 0.390. The Hall–Kier alpha value is -1.50. The van der Waals surface area contributed by atoms with E-state index in [9.17, 15) is 0 Å². The quantitative estimate of drug-likeness (QED) is 0.652.